The number of hydrogen-bond acceptors (Lipinski definition) is 6. The van der Waals surface area contributed by atoms with Crippen LogP contribution in [0.2, 0.25) is 0 Å². The molecule has 0 aliphatic heterocycles. The molecule has 4 aromatic rings. The molecule has 0 aliphatic carbocycles. The van der Waals surface area contributed by atoms with E-state index in [-0.39, 0.29) is 5.91 Å². The Morgan fingerprint density at radius 2 is 1.59 bits per heavy atom. The molecule has 7 heteroatoms. The highest BCUT2D eigenvalue weighted by Gasteiger charge is 2.21. The fourth-order valence-corrected chi connectivity index (χ4v) is 3.03. The molecule has 0 fully saturated rings. The number of rotatable bonds is 6. The van der Waals surface area contributed by atoms with Crippen LogP contribution in [0.4, 0.5) is 0 Å². The summed E-state index contributed by atoms with van der Waals surface area (Å²) < 4.78 is 15.5. The van der Waals surface area contributed by atoms with Crippen molar-refractivity contribution in [3.05, 3.63) is 78.7 Å². The maximum Gasteiger partial charge on any atom is 0.255 e. The summed E-state index contributed by atoms with van der Waals surface area (Å²) in [5, 5.41) is 1.71. The fraction of sp³-hybridized carbons (Fsp3) is 0.150. The van der Waals surface area contributed by atoms with E-state index in [1.54, 1.807) is 24.1 Å². The van der Waals surface area contributed by atoms with E-state index < -0.39 is 0 Å². The summed E-state index contributed by atoms with van der Waals surface area (Å²) in [6.45, 7) is 0.588. The number of nitrogens with zero attached hydrogens (tertiary/aromatic N) is 3. The van der Waals surface area contributed by atoms with Gasteiger partial charge in [-0.05, 0) is 17.5 Å². The van der Waals surface area contributed by atoms with Crippen molar-refractivity contribution in [3.8, 4) is 5.75 Å². The Balaban J connectivity index is 1.73. The van der Waals surface area contributed by atoms with Crippen molar-refractivity contribution < 1.29 is 18.4 Å². The van der Waals surface area contributed by atoms with Gasteiger partial charge in [0.2, 0.25) is 0 Å². The Kier molecular flexibility index (Phi) is 4.57. The minimum absolute atomic E-state index is 0.139. The zero-order chi connectivity index (χ0) is 18.6. The van der Waals surface area contributed by atoms with Crippen molar-refractivity contribution >= 4 is 16.7 Å². The molecule has 0 atom stereocenters. The Bertz CT molecular complexity index is 1010. The minimum atomic E-state index is -0.139. The summed E-state index contributed by atoms with van der Waals surface area (Å²) in [6.07, 6.45) is 5.73. The lowest BCUT2D eigenvalue weighted by atomic mass is 10.0. The van der Waals surface area contributed by atoms with E-state index in [1.165, 1.54) is 25.3 Å². The van der Waals surface area contributed by atoms with Gasteiger partial charge in [0.05, 0.1) is 31.6 Å². The first-order valence-corrected chi connectivity index (χ1v) is 8.35. The molecular formula is C20H17N3O4. The van der Waals surface area contributed by atoms with Crippen LogP contribution in [0.15, 0.2) is 70.5 Å². The maximum atomic E-state index is 13.4. The quantitative estimate of drug-likeness (QED) is 0.520. The number of ether oxygens (including phenoxy) is 1. The monoisotopic (exact) mass is 363 g/mol. The van der Waals surface area contributed by atoms with Gasteiger partial charge in [-0.15, -0.1) is 0 Å². The summed E-state index contributed by atoms with van der Waals surface area (Å²) in [7, 11) is 1.62. The molecule has 2 heterocycles. The van der Waals surface area contributed by atoms with Gasteiger partial charge in [0.1, 0.15) is 18.3 Å². The molecule has 136 valence electrons. The molecule has 4 rings (SSSR count). The van der Waals surface area contributed by atoms with Crippen LogP contribution in [0.5, 0.6) is 5.75 Å². The Morgan fingerprint density at radius 3 is 2.15 bits per heavy atom. The molecule has 0 aliphatic rings. The van der Waals surface area contributed by atoms with Crippen LogP contribution in [0, 0.1) is 0 Å². The number of amides is 1. The molecule has 0 N–H and O–H groups in total. The van der Waals surface area contributed by atoms with Crippen molar-refractivity contribution in [1.82, 2.24) is 14.9 Å². The average molecular weight is 363 g/mol. The van der Waals surface area contributed by atoms with Crippen molar-refractivity contribution in [2.75, 3.05) is 7.11 Å². The molecule has 7 nitrogen and oxygen atoms in total. The third-order valence-corrected chi connectivity index (χ3v) is 4.29. The van der Waals surface area contributed by atoms with Gasteiger partial charge in [-0.25, -0.2) is 9.97 Å². The van der Waals surface area contributed by atoms with E-state index >= 15 is 0 Å². The second-order valence-electron chi connectivity index (χ2n) is 5.98. The third kappa shape index (κ3) is 3.39. The normalized spacial score (nSPS) is 10.9. The number of benzene rings is 2. The fourth-order valence-electron chi connectivity index (χ4n) is 3.03. The van der Waals surface area contributed by atoms with Crippen LogP contribution < -0.4 is 4.74 Å². The number of methoxy groups -OCH3 is 1. The summed E-state index contributed by atoms with van der Waals surface area (Å²) in [4.78, 5) is 23.3. The molecule has 0 radical (unpaired) electrons. The molecule has 0 bridgehead atoms. The average Bonchev–Trinajstić information content (AvgIpc) is 3.40. The van der Waals surface area contributed by atoms with E-state index in [2.05, 4.69) is 9.97 Å². The molecule has 0 unspecified atom stereocenters. The first-order chi connectivity index (χ1) is 13.3. The Hall–Kier alpha value is -3.61. The van der Waals surface area contributed by atoms with Gasteiger partial charge in [0.25, 0.3) is 5.91 Å². The standard InChI is InChI=1S/C20H17N3O4/c1-25-19-7-6-18(16-4-2-3-5-17(16)19)20(24)23(8-14-10-26-12-21-14)9-15-11-27-13-22-15/h2-7,10-13H,8-9H2,1H3. The summed E-state index contributed by atoms with van der Waals surface area (Å²) in [5.41, 5.74) is 1.90. The van der Waals surface area contributed by atoms with Crippen LogP contribution >= 0.6 is 0 Å². The second-order valence-corrected chi connectivity index (χ2v) is 5.98. The highest BCUT2D eigenvalue weighted by Crippen LogP contribution is 2.29. The molecule has 2 aromatic carbocycles. The van der Waals surface area contributed by atoms with E-state index in [9.17, 15) is 4.79 Å². The van der Waals surface area contributed by atoms with E-state index in [1.807, 2.05) is 24.3 Å². The predicted octanol–water partition coefficient (Wildman–Crippen LogP) is 3.67. The van der Waals surface area contributed by atoms with Crippen molar-refractivity contribution in [1.29, 1.82) is 0 Å². The van der Waals surface area contributed by atoms with Gasteiger partial charge in [-0.2, -0.15) is 0 Å². The van der Waals surface area contributed by atoms with Crippen LogP contribution in [0.1, 0.15) is 21.7 Å². The molecular weight excluding hydrogens is 346 g/mol. The van der Waals surface area contributed by atoms with E-state index in [0.717, 1.165) is 16.5 Å². The van der Waals surface area contributed by atoms with Gasteiger partial charge in [-0.3, -0.25) is 4.79 Å². The number of aromatic nitrogens is 2. The topological polar surface area (TPSA) is 81.6 Å². The van der Waals surface area contributed by atoms with Gasteiger partial charge in [-0.1, -0.05) is 24.3 Å². The highest BCUT2D eigenvalue weighted by molar-refractivity contribution is 6.08. The van der Waals surface area contributed by atoms with Gasteiger partial charge in [0, 0.05) is 10.9 Å². The molecule has 27 heavy (non-hydrogen) atoms. The summed E-state index contributed by atoms with van der Waals surface area (Å²) in [5.74, 6) is 0.585. The minimum Gasteiger partial charge on any atom is -0.496 e. The Morgan fingerprint density at radius 1 is 0.963 bits per heavy atom. The van der Waals surface area contributed by atoms with Gasteiger partial charge in [0.15, 0.2) is 12.8 Å². The number of fused-ring (bicyclic) bond motifs is 1. The second kappa shape index (κ2) is 7.33. The van der Waals surface area contributed by atoms with Crippen LogP contribution in [-0.2, 0) is 13.1 Å². The van der Waals surface area contributed by atoms with Crippen LogP contribution in [0.25, 0.3) is 10.8 Å². The SMILES string of the molecule is COc1ccc(C(=O)N(Cc2cocn2)Cc2cocn2)c2ccccc12. The number of hydrogen-bond donors (Lipinski definition) is 0. The lowest BCUT2D eigenvalue weighted by Crippen LogP contribution is -2.30. The Labute approximate surface area is 155 Å². The number of oxazole rings is 2. The molecule has 1 amide bonds. The first-order valence-electron chi connectivity index (χ1n) is 8.35. The molecule has 0 spiro atoms. The predicted molar refractivity (Wildman–Crippen MR) is 97.1 cm³/mol. The summed E-state index contributed by atoms with van der Waals surface area (Å²) >= 11 is 0. The number of carbonyl (C=O) groups is 1. The third-order valence-electron chi connectivity index (χ3n) is 4.29. The lowest BCUT2D eigenvalue weighted by Gasteiger charge is -2.22. The molecule has 2 aromatic heterocycles. The molecule has 0 saturated heterocycles. The lowest BCUT2D eigenvalue weighted by molar-refractivity contribution is 0.0727. The largest absolute Gasteiger partial charge is 0.496 e. The van der Waals surface area contributed by atoms with E-state index in [0.29, 0.717) is 30.0 Å². The molecule has 0 saturated carbocycles. The number of carbonyl (C=O) groups excluding carboxylic acids is 1. The van der Waals surface area contributed by atoms with Gasteiger partial charge < -0.3 is 18.5 Å². The van der Waals surface area contributed by atoms with Crippen LogP contribution in [0.3, 0.4) is 0 Å². The maximum absolute atomic E-state index is 13.4. The van der Waals surface area contributed by atoms with Crippen molar-refractivity contribution in [3.63, 3.8) is 0 Å². The van der Waals surface area contributed by atoms with Crippen molar-refractivity contribution in [2.24, 2.45) is 0 Å². The van der Waals surface area contributed by atoms with Crippen LogP contribution in [-0.4, -0.2) is 27.9 Å². The van der Waals surface area contributed by atoms with Crippen molar-refractivity contribution in [2.45, 2.75) is 13.1 Å². The highest BCUT2D eigenvalue weighted by atomic mass is 16.5. The zero-order valence-electron chi connectivity index (χ0n) is 14.7. The summed E-state index contributed by atoms with van der Waals surface area (Å²) in [6, 6.07) is 11.3. The smallest absolute Gasteiger partial charge is 0.255 e. The van der Waals surface area contributed by atoms with Gasteiger partial charge >= 0.3 is 0 Å². The zero-order valence-corrected chi connectivity index (χ0v) is 14.7. The first kappa shape index (κ1) is 16.8. The van der Waals surface area contributed by atoms with E-state index in [4.69, 9.17) is 13.6 Å².